The van der Waals surface area contributed by atoms with Crippen LogP contribution in [0.3, 0.4) is 0 Å². The largest absolute Gasteiger partial charge is 0.319 e. The standard InChI is InChI=1S/C16H18N6OS/c1-9(2)22-15(18-20-21-22)12-6-5-7-13(8-12)16(23)17-14-10(3)19-24-11(14)4/h5-9H,1-4H3,(H,17,23). The average Bonchev–Trinajstić information content (AvgIpc) is 3.17. The van der Waals surface area contributed by atoms with Gasteiger partial charge < -0.3 is 5.32 Å². The van der Waals surface area contributed by atoms with Crippen LogP contribution in [-0.2, 0) is 0 Å². The summed E-state index contributed by atoms with van der Waals surface area (Å²) in [5, 5.41) is 14.7. The quantitative estimate of drug-likeness (QED) is 0.786. The second kappa shape index (κ2) is 6.48. The van der Waals surface area contributed by atoms with E-state index in [4.69, 9.17) is 0 Å². The zero-order valence-electron chi connectivity index (χ0n) is 13.9. The minimum Gasteiger partial charge on any atom is -0.319 e. The van der Waals surface area contributed by atoms with Gasteiger partial charge in [-0.2, -0.15) is 4.37 Å². The summed E-state index contributed by atoms with van der Waals surface area (Å²) in [6.07, 6.45) is 0. The van der Waals surface area contributed by atoms with Crippen LogP contribution in [0.1, 0.15) is 40.8 Å². The van der Waals surface area contributed by atoms with Crippen molar-refractivity contribution >= 4 is 23.1 Å². The summed E-state index contributed by atoms with van der Waals surface area (Å²) in [5.41, 5.74) is 2.96. The van der Waals surface area contributed by atoms with Crippen LogP contribution in [0.15, 0.2) is 24.3 Å². The van der Waals surface area contributed by atoms with Crippen molar-refractivity contribution < 1.29 is 4.79 Å². The lowest BCUT2D eigenvalue weighted by atomic mass is 10.1. The number of hydrogen-bond acceptors (Lipinski definition) is 6. The first-order valence-corrected chi connectivity index (χ1v) is 8.37. The third kappa shape index (κ3) is 3.05. The molecule has 0 saturated heterocycles. The molecule has 0 fully saturated rings. The Morgan fingerprint density at radius 1 is 1.29 bits per heavy atom. The fraction of sp³-hybridized carbons (Fsp3) is 0.312. The molecule has 8 heteroatoms. The molecule has 0 aliphatic carbocycles. The fourth-order valence-corrected chi connectivity index (χ4v) is 3.03. The van der Waals surface area contributed by atoms with E-state index in [2.05, 4.69) is 25.2 Å². The van der Waals surface area contributed by atoms with Crippen molar-refractivity contribution in [2.75, 3.05) is 5.32 Å². The molecule has 24 heavy (non-hydrogen) atoms. The molecule has 3 rings (SSSR count). The summed E-state index contributed by atoms with van der Waals surface area (Å²) >= 11 is 1.38. The van der Waals surface area contributed by atoms with E-state index in [0.29, 0.717) is 11.4 Å². The predicted octanol–water partition coefficient (Wildman–Crippen LogP) is 3.25. The SMILES string of the molecule is Cc1nsc(C)c1NC(=O)c1cccc(-c2nnnn2C(C)C)c1. The van der Waals surface area contributed by atoms with Crippen molar-refractivity contribution in [3.8, 4) is 11.4 Å². The summed E-state index contributed by atoms with van der Waals surface area (Å²) in [6.45, 7) is 7.83. The Morgan fingerprint density at radius 3 is 2.75 bits per heavy atom. The van der Waals surface area contributed by atoms with Gasteiger partial charge in [0, 0.05) is 16.0 Å². The number of nitrogens with one attached hydrogen (secondary N) is 1. The maximum Gasteiger partial charge on any atom is 0.255 e. The van der Waals surface area contributed by atoms with E-state index in [-0.39, 0.29) is 11.9 Å². The molecule has 0 saturated carbocycles. The summed E-state index contributed by atoms with van der Waals surface area (Å²) < 4.78 is 5.98. The first kappa shape index (κ1) is 16.3. The van der Waals surface area contributed by atoms with Crippen molar-refractivity contribution in [3.05, 3.63) is 40.4 Å². The molecule has 0 aliphatic heterocycles. The maximum absolute atomic E-state index is 12.6. The fourth-order valence-electron chi connectivity index (χ4n) is 2.38. The van der Waals surface area contributed by atoms with E-state index in [1.165, 1.54) is 11.5 Å². The molecular weight excluding hydrogens is 324 g/mol. The van der Waals surface area contributed by atoms with Gasteiger partial charge in [0.15, 0.2) is 5.82 Å². The number of hydrogen-bond donors (Lipinski definition) is 1. The molecule has 3 aromatic rings. The van der Waals surface area contributed by atoms with Crippen LogP contribution in [0.2, 0.25) is 0 Å². The lowest BCUT2D eigenvalue weighted by Gasteiger charge is -2.09. The van der Waals surface area contributed by atoms with Crippen LogP contribution < -0.4 is 5.32 Å². The van der Waals surface area contributed by atoms with Gasteiger partial charge in [-0.3, -0.25) is 4.79 Å². The molecular formula is C16H18N6OS. The molecule has 0 aliphatic rings. The molecule has 0 atom stereocenters. The van der Waals surface area contributed by atoms with E-state index >= 15 is 0 Å². The second-order valence-electron chi connectivity index (χ2n) is 5.77. The van der Waals surface area contributed by atoms with E-state index in [1.807, 2.05) is 39.8 Å². The van der Waals surface area contributed by atoms with Gasteiger partial charge in [0.2, 0.25) is 0 Å². The third-order valence-electron chi connectivity index (χ3n) is 3.64. The molecule has 124 valence electrons. The summed E-state index contributed by atoms with van der Waals surface area (Å²) in [7, 11) is 0. The molecule has 2 aromatic heterocycles. The van der Waals surface area contributed by atoms with Gasteiger partial charge in [0.25, 0.3) is 5.91 Å². The maximum atomic E-state index is 12.6. The Kier molecular flexibility index (Phi) is 4.39. The molecule has 1 N–H and O–H groups in total. The minimum absolute atomic E-state index is 0.134. The molecule has 0 spiro atoms. The lowest BCUT2D eigenvalue weighted by Crippen LogP contribution is -2.13. The Bertz CT molecular complexity index is 863. The number of anilines is 1. The Balaban J connectivity index is 1.90. The first-order valence-electron chi connectivity index (χ1n) is 7.60. The number of amides is 1. The summed E-state index contributed by atoms with van der Waals surface area (Å²) in [5.74, 6) is 0.469. The number of rotatable bonds is 4. The van der Waals surface area contributed by atoms with Gasteiger partial charge in [0.05, 0.1) is 17.4 Å². The first-order chi connectivity index (χ1) is 11.5. The third-order valence-corrected chi connectivity index (χ3v) is 4.48. The van der Waals surface area contributed by atoms with Crippen molar-refractivity contribution in [1.29, 1.82) is 0 Å². The van der Waals surface area contributed by atoms with Gasteiger partial charge in [-0.15, -0.1) is 5.10 Å². The van der Waals surface area contributed by atoms with Crippen LogP contribution >= 0.6 is 11.5 Å². The van der Waals surface area contributed by atoms with Gasteiger partial charge in [-0.1, -0.05) is 12.1 Å². The highest BCUT2D eigenvalue weighted by molar-refractivity contribution is 7.06. The Morgan fingerprint density at radius 2 is 2.08 bits per heavy atom. The van der Waals surface area contributed by atoms with Gasteiger partial charge in [0.1, 0.15) is 0 Å². The Hall–Kier alpha value is -2.61. The highest BCUT2D eigenvalue weighted by Gasteiger charge is 2.15. The number of tetrazole rings is 1. The predicted molar refractivity (Wildman–Crippen MR) is 93.2 cm³/mol. The molecule has 1 aromatic carbocycles. The molecule has 7 nitrogen and oxygen atoms in total. The molecule has 1 amide bonds. The van der Waals surface area contributed by atoms with Crippen LogP contribution in [0, 0.1) is 13.8 Å². The number of nitrogens with zero attached hydrogens (tertiary/aromatic N) is 5. The van der Waals surface area contributed by atoms with Crippen molar-refractivity contribution in [1.82, 2.24) is 24.6 Å². The normalized spacial score (nSPS) is 11.0. The van der Waals surface area contributed by atoms with Crippen molar-refractivity contribution in [2.45, 2.75) is 33.7 Å². The minimum atomic E-state index is -0.174. The molecule has 2 heterocycles. The smallest absolute Gasteiger partial charge is 0.255 e. The van der Waals surface area contributed by atoms with Crippen LogP contribution in [0.4, 0.5) is 5.69 Å². The summed E-state index contributed by atoms with van der Waals surface area (Å²) in [6, 6.07) is 7.42. The summed E-state index contributed by atoms with van der Waals surface area (Å²) in [4.78, 5) is 13.6. The number of aryl methyl sites for hydroxylation is 2. The lowest BCUT2D eigenvalue weighted by molar-refractivity contribution is 0.102. The molecule has 0 bridgehead atoms. The zero-order valence-corrected chi connectivity index (χ0v) is 14.8. The van der Waals surface area contributed by atoms with Crippen LogP contribution in [-0.4, -0.2) is 30.5 Å². The zero-order chi connectivity index (χ0) is 17.3. The topological polar surface area (TPSA) is 85.6 Å². The number of carbonyl (C=O) groups excluding carboxylic acids is 1. The molecule has 0 unspecified atom stereocenters. The second-order valence-corrected chi connectivity index (χ2v) is 6.75. The number of aromatic nitrogens is 5. The van der Waals surface area contributed by atoms with E-state index in [1.54, 1.807) is 16.8 Å². The van der Waals surface area contributed by atoms with E-state index in [0.717, 1.165) is 21.8 Å². The van der Waals surface area contributed by atoms with Gasteiger partial charge in [-0.05, 0) is 61.8 Å². The highest BCUT2D eigenvalue weighted by atomic mass is 32.1. The monoisotopic (exact) mass is 342 g/mol. The van der Waals surface area contributed by atoms with Crippen LogP contribution in [0.5, 0.6) is 0 Å². The highest BCUT2D eigenvalue weighted by Crippen LogP contribution is 2.25. The Labute approximate surface area is 143 Å². The van der Waals surface area contributed by atoms with Crippen LogP contribution in [0.25, 0.3) is 11.4 Å². The number of carbonyl (C=O) groups is 1. The van der Waals surface area contributed by atoms with Gasteiger partial charge >= 0.3 is 0 Å². The van der Waals surface area contributed by atoms with E-state index in [9.17, 15) is 4.79 Å². The number of benzene rings is 1. The van der Waals surface area contributed by atoms with E-state index < -0.39 is 0 Å². The van der Waals surface area contributed by atoms with Crippen molar-refractivity contribution in [2.24, 2.45) is 0 Å². The van der Waals surface area contributed by atoms with Crippen molar-refractivity contribution in [3.63, 3.8) is 0 Å². The van der Waals surface area contributed by atoms with Gasteiger partial charge in [-0.25, -0.2) is 4.68 Å². The molecule has 0 radical (unpaired) electrons. The average molecular weight is 342 g/mol.